The number of phenolic OH excluding ortho intramolecular Hbond substituents is 1. The average Bonchev–Trinajstić information content (AvgIpc) is 2.30. The van der Waals surface area contributed by atoms with Crippen molar-refractivity contribution in [3.05, 3.63) is 35.6 Å². The summed E-state index contributed by atoms with van der Waals surface area (Å²) in [4.78, 5) is 0. The molecule has 0 bridgehead atoms. The Bertz CT molecular complexity index is 602. The molecule has 0 aliphatic rings. The van der Waals surface area contributed by atoms with E-state index in [1.54, 1.807) is 12.1 Å². The minimum atomic E-state index is -0.578. The molecule has 0 saturated carbocycles. The van der Waals surface area contributed by atoms with Crippen LogP contribution in [-0.2, 0) is 0 Å². The van der Waals surface area contributed by atoms with Crippen LogP contribution in [0.2, 0.25) is 0 Å². The molecule has 0 fully saturated rings. The van der Waals surface area contributed by atoms with Crippen molar-refractivity contribution in [2.24, 2.45) is 0 Å². The molecule has 2 aromatic carbocycles. The van der Waals surface area contributed by atoms with Gasteiger partial charge in [-0.1, -0.05) is 0 Å². The Morgan fingerprint density at radius 3 is 2.69 bits per heavy atom. The quantitative estimate of drug-likeness (QED) is 0.798. The molecule has 0 amide bonds. The van der Waals surface area contributed by atoms with E-state index in [-0.39, 0.29) is 16.7 Å². The van der Waals surface area contributed by atoms with Crippen LogP contribution in [-0.4, -0.2) is 12.2 Å². The van der Waals surface area contributed by atoms with E-state index in [4.69, 9.17) is 10.00 Å². The van der Waals surface area contributed by atoms with Crippen LogP contribution in [0.3, 0.4) is 0 Å². The highest BCUT2D eigenvalue weighted by Gasteiger charge is 2.13. The molecule has 0 aliphatic carbocycles. The van der Waals surface area contributed by atoms with Gasteiger partial charge in [-0.25, -0.2) is 4.39 Å². The molecule has 0 saturated heterocycles. The molecular formula is C12H8FNO2. The van der Waals surface area contributed by atoms with E-state index in [1.807, 2.05) is 0 Å². The maximum absolute atomic E-state index is 13.6. The number of hydrogen-bond acceptors (Lipinski definition) is 3. The molecule has 0 spiro atoms. The summed E-state index contributed by atoms with van der Waals surface area (Å²) >= 11 is 0. The maximum atomic E-state index is 13.6. The molecule has 2 rings (SSSR count). The molecule has 2 aromatic rings. The van der Waals surface area contributed by atoms with Crippen LogP contribution in [0, 0.1) is 17.1 Å². The Hall–Kier alpha value is -2.28. The predicted molar refractivity (Wildman–Crippen MR) is 56.8 cm³/mol. The lowest BCUT2D eigenvalue weighted by Crippen LogP contribution is -1.89. The molecule has 4 heteroatoms. The SMILES string of the molecule is COc1ccc(F)c2c(O)c(C#N)ccc12. The monoisotopic (exact) mass is 217 g/mol. The number of fused-ring (bicyclic) bond motifs is 1. The Balaban J connectivity index is 2.94. The van der Waals surface area contributed by atoms with E-state index in [2.05, 4.69) is 0 Å². The lowest BCUT2D eigenvalue weighted by Gasteiger charge is -2.08. The molecule has 16 heavy (non-hydrogen) atoms. The number of ether oxygens (including phenoxy) is 1. The minimum absolute atomic E-state index is 0.0124. The average molecular weight is 217 g/mol. The minimum Gasteiger partial charge on any atom is -0.506 e. The summed E-state index contributed by atoms with van der Waals surface area (Å²) < 4.78 is 18.6. The van der Waals surface area contributed by atoms with E-state index in [0.717, 1.165) is 0 Å². The lowest BCUT2D eigenvalue weighted by molar-refractivity contribution is 0.418. The van der Waals surface area contributed by atoms with Gasteiger partial charge in [0.2, 0.25) is 0 Å². The summed E-state index contributed by atoms with van der Waals surface area (Å²) in [5.74, 6) is -0.474. The van der Waals surface area contributed by atoms with Crippen LogP contribution in [0.4, 0.5) is 4.39 Å². The van der Waals surface area contributed by atoms with Gasteiger partial charge >= 0.3 is 0 Å². The molecule has 0 unspecified atom stereocenters. The molecular weight excluding hydrogens is 209 g/mol. The number of nitrogens with zero attached hydrogens (tertiary/aromatic N) is 1. The van der Waals surface area contributed by atoms with Gasteiger partial charge in [0.25, 0.3) is 0 Å². The zero-order chi connectivity index (χ0) is 11.7. The molecule has 80 valence electrons. The van der Waals surface area contributed by atoms with E-state index in [9.17, 15) is 9.50 Å². The van der Waals surface area contributed by atoms with Crippen LogP contribution in [0.15, 0.2) is 24.3 Å². The Morgan fingerprint density at radius 2 is 2.06 bits per heavy atom. The highest BCUT2D eigenvalue weighted by atomic mass is 19.1. The van der Waals surface area contributed by atoms with Gasteiger partial charge in [0.15, 0.2) is 0 Å². The number of benzene rings is 2. The maximum Gasteiger partial charge on any atom is 0.144 e. The number of halogens is 1. The third-order valence-corrected chi connectivity index (χ3v) is 2.40. The molecule has 0 heterocycles. The van der Waals surface area contributed by atoms with E-state index in [0.29, 0.717) is 11.1 Å². The summed E-state index contributed by atoms with van der Waals surface area (Å²) in [6, 6.07) is 7.45. The van der Waals surface area contributed by atoms with Gasteiger partial charge in [0, 0.05) is 5.39 Å². The van der Waals surface area contributed by atoms with E-state index in [1.165, 1.54) is 25.3 Å². The van der Waals surface area contributed by atoms with Crippen LogP contribution < -0.4 is 4.74 Å². The molecule has 3 nitrogen and oxygen atoms in total. The largest absolute Gasteiger partial charge is 0.506 e. The third kappa shape index (κ3) is 1.34. The second-order valence-electron chi connectivity index (χ2n) is 3.25. The summed E-state index contributed by atoms with van der Waals surface area (Å²) in [6.45, 7) is 0. The van der Waals surface area contributed by atoms with E-state index >= 15 is 0 Å². The second-order valence-corrected chi connectivity index (χ2v) is 3.25. The normalized spacial score (nSPS) is 10.1. The van der Waals surface area contributed by atoms with Gasteiger partial charge < -0.3 is 9.84 Å². The molecule has 0 radical (unpaired) electrons. The third-order valence-electron chi connectivity index (χ3n) is 2.40. The number of phenols is 1. The number of aromatic hydroxyl groups is 1. The first-order valence-electron chi connectivity index (χ1n) is 4.57. The zero-order valence-corrected chi connectivity index (χ0v) is 8.49. The van der Waals surface area contributed by atoms with Crippen molar-refractivity contribution in [3.63, 3.8) is 0 Å². The van der Waals surface area contributed by atoms with E-state index < -0.39 is 5.82 Å². The van der Waals surface area contributed by atoms with Gasteiger partial charge in [-0.05, 0) is 24.3 Å². The van der Waals surface area contributed by atoms with Gasteiger partial charge in [0.05, 0.1) is 18.1 Å². The van der Waals surface area contributed by atoms with Gasteiger partial charge in [-0.3, -0.25) is 0 Å². The van der Waals surface area contributed by atoms with Gasteiger partial charge in [0.1, 0.15) is 23.4 Å². The fraction of sp³-hybridized carbons (Fsp3) is 0.0833. The van der Waals surface area contributed by atoms with Crippen molar-refractivity contribution in [1.29, 1.82) is 5.26 Å². The fourth-order valence-electron chi connectivity index (χ4n) is 1.63. The smallest absolute Gasteiger partial charge is 0.144 e. The van der Waals surface area contributed by atoms with Crippen LogP contribution in [0.1, 0.15) is 5.56 Å². The zero-order valence-electron chi connectivity index (χ0n) is 8.49. The summed E-state index contributed by atoms with van der Waals surface area (Å²) in [7, 11) is 1.46. The highest BCUT2D eigenvalue weighted by molar-refractivity contribution is 5.95. The number of rotatable bonds is 1. The molecule has 1 N–H and O–H groups in total. The summed E-state index contributed by atoms with van der Waals surface area (Å²) in [5, 5.41) is 18.9. The molecule has 0 aliphatic heterocycles. The standard InChI is InChI=1S/C12H8FNO2/c1-16-10-5-4-9(13)11-8(10)3-2-7(6-14)12(11)15/h2-5,15H,1H3. The molecule has 0 aromatic heterocycles. The van der Waals surface area contributed by atoms with Gasteiger partial charge in [-0.2, -0.15) is 5.26 Å². The van der Waals surface area contributed by atoms with Crippen molar-refractivity contribution in [3.8, 4) is 17.6 Å². The highest BCUT2D eigenvalue weighted by Crippen LogP contribution is 2.35. The Kier molecular flexibility index (Phi) is 2.37. The first kappa shape index (κ1) is 10.2. The topological polar surface area (TPSA) is 53.2 Å². The summed E-state index contributed by atoms with van der Waals surface area (Å²) in [6.07, 6.45) is 0. The lowest BCUT2D eigenvalue weighted by atomic mass is 10.0. The van der Waals surface area contributed by atoms with Crippen molar-refractivity contribution in [2.45, 2.75) is 0 Å². The van der Waals surface area contributed by atoms with Crippen LogP contribution in [0.25, 0.3) is 10.8 Å². The van der Waals surface area contributed by atoms with Crippen molar-refractivity contribution >= 4 is 10.8 Å². The first-order valence-corrected chi connectivity index (χ1v) is 4.57. The molecule has 0 atom stereocenters. The summed E-state index contributed by atoms with van der Waals surface area (Å²) in [5.41, 5.74) is 0.0413. The van der Waals surface area contributed by atoms with Crippen molar-refractivity contribution < 1.29 is 14.2 Å². The Morgan fingerprint density at radius 1 is 1.31 bits per heavy atom. The van der Waals surface area contributed by atoms with Crippen LogP contribution in [0.5, 0.6) is 11.5 Å². The van der Waals surface area contributed by atoms with Crippen LogP contribution >= 0.6 is 0 Å². The number of nitriles is 1. The van der Waals surface area contributed by atoms with Gasteiger partial charge in [-0.15, -0.1) is 0 Å². The fourth-order valence-corrected chi connectivity index (χ4v) is 1.63. The Labute approximate surface area is 91.3 Å². The second kappa shape index (κ2) is 3.70. The number of methoxy groups -OCH3 is 1. The van der Waals surface area contributed by atoms with Crippen molar-refractivity contribution in [2.75, 3.05) is 7.11 Å². The number of hydrogen-bond donors (Lipinski definition) is 1. The first-order chi connectivity index (χ1) is 7.69. The van der Waals surface area contributed by atoms with Crippen molar-refractivity contribution in [1.82, 2.24) is 0 Å². The predicted octanol–water partition coefficient (Wildman–Crippen LogP) is 2.56.